The van der Waals surface area contributed by atoms with Crippen LogP contribution in [-0.2, 0) is 9.47 Å². The first-order valence-corrected chi connectivity index (χ1v) is 4.93. The largest absolute Gasteiger partial charge is 0.353 e. The molecule has 2 nitrogen and oxygen atoms in total. The van der Waals surface area contributed by atoms with Gasteiger partial charge in [-0.15, -0.1) is 0 Å². The van der Waals surface area contributed by atoms with E-state index >= 15 is 0 Å². The fraction of sp³-hybridized carbons (Fsp3) is 0.900. The van der Waals surface area contributed by atoms with Crippen LogP contribution in [0.2, 0.25) is 0 Å². The normalized spacial score (nSPS) is 11.0. The summed E-state index contributed by atoms with van der Waals surface area (Å²) in [6, 6.07) is 0. The molecule has 0 aromatic heterocycles. The summed E-state index contributed by atoms with van der Waals surface area (Å²) in [7, 11) is 0. The van der Waals surface area contributed by atoms with Crippen LogP contribution >= 0.6 is 0 Å². The van der Waals surface area contributed by atoms with Crippen LogP contribution in [0.1, 0.15) is 46.5 Å². The molecule has 0 aromatic carbocycles. The van der Waals surface area contributed by atoms with Crippen molar-refractivity contribution >= 4 is 0 Å². The molecule has 0 spiro atoms. The molecule has 0 aliphatic rings. The van der Waals surface area contributed by atoms with Gasteiger partial charge in [-0.1, -0.05) is 27.2 Å². The van der Waals surface area contributed by atoms with Crippen LogP contribution in [0.3, 0.4) is 0 Å². The summed E-state index contributed by atoms with van der Waals surface area (Å²) in [6.07, 6.45) is 4.06. The summed E-state index contributed by atoms with van der Waals surface area (Å²) in [5.41, 5.74) is 0. The quantitative estimate of drug-likeness (QED) is 0.525. The van der Waals surface area contributed by atoms with Crippen molar-refractivity contribution in [2.75, 3.05) is 6.61 Å². The predicted molar refractivity (Wildman–Crippen MR) is 50.6 cm³/mol. The Kier molecular flexibility index (Phi) is 8.95. The molecule has 1 unspecified atom stereocenters. The van der Waals surface area contributed by atoms with E-state index in [1.54, 1.807) is 0 Å². The zero-order valence-corrected chi connectivity index (χ0v) is 8.51. The standard InChI is InChI=1S/C10H21O2/c1-4-7-10(11-8-5-2)12-9-6-3/h8,10H,4-7,9H2,1-3H3. The average Bonchev–Trinajstić information content (AvgIpc) is 2.10. The highest BCUT2D eigenvalue weighted by Crippen LogP contribution is 2.07. The lowest BCUT2D eigenvalue weighted by molar-refractivity contribution is -0.125. The topological polar surface area (TPSA) is 18.5 Å². The Labute approximate surface area is 76.3 Å². The molecule has 0 aliphatic heterocycles. The molecule has 0 saturated carbocycles. The summed E-state index contributed by atoms with van der Waals surface area (Å²) in [4.78, 5) is 0. The second-order valence-electron chi connectivity index (χ2n) is 2.80. The van der Waals surface area contributed by atoms with E-state index < -0.39 is 0 Å². The molecule has 2 heteroatoms. The number of ether oxygens (including phenoxy) is 2. The Balaban J connectivity index is 3.40. The lowest BCUT2D eigenvalue weighted by atomic mass is 10.3. The van der Waals surface area contributed by atoms with Crippen molar-refractivity contribution in [1.82, 2.24) is 0 Å². The molecule has 0 rings (SSSR count). The Hall–Kier alpha value is -0.0800. The van der Waals surface area contributed by atoms with E-state index in [4.69, 9.17) is 9.47 Å². The van der Waals surface area contributed by atoms with Crippen LogP contribution in [0.5, 0.6) is 0 Å². The third-order valence-electron chi connectivity index (χ3n) is 1.45. The van der Waals surface area contributed by atoms with E-state index in [0.717, 1.165) is 32.3 Å². The number of hydrogen-bond donors (Lipinski definition) is 0. The Morgan fingerprint density at radius 2 is 1.92 bits per heavy atom. The first-order chi connectivity index (χ1) is 5.85. The maximum atomic E-state index is 5.48. The fourth-order valence-electron chi connectivity index (χ4n) is 0.879. The van der Waals surface area contributed by atoms with Crippen LogP contribution < -0.4 is 0 Å². The zero-order valence-electron chi connectivity index (χ0n) is 8.51. The summed E-state index contributed by atoms with van der Waals surface area (Å²) in [5.74, 6) is 0. The first-order valence-electron chi connectivity index (χ1n) is 4.93. The molecular formula is C10H21O2. The molecule has 0 fully saturated rings. The minimum atomic E-state index is -0.0186. The molecule has 0 amide bonds. The van der Waals surface area contributed by atoms with Gasteiger partial charge in [-0.05, 0) is 19.3 Å². The molecule has 0 aromatic rings. The molecule has 0 bridgehead atoms. The third kappa shape index (κ3) is 6.62. The van der Waals surface area contributed by atoms with Gasteiger partial charge in [0.15, 0.2) is 6.29 Å². The first kappa shape index (κ1) is 11.9. The highest BCUT2D eigenvalue weighted by Gasteiger charge is 2.06. The monoisotopic (exact) mass is 173 g/mol. The van der Waals surface area contributed by atoms with Crippen molar-refractivity contribution in [2.45, 2.75) is 52.7 Å². The molecule has 0 aliphatic carbocycles. The van der Waals surface area contributed by atoms with E-state index in [0.29, 0.717) is 0 Å². The SMILES string of the molecule is CC[CH]OC(CCC)OCCC. The average molecular weight is 173 g/mol. The van der Waals surface area contributed by atoms with Crippen LogP contribution in [0.4, 0.5) is 0 Å². The highest BCUT2D eigenvalue weighted by atomic mass is 16.7. The predicted octanol–water partition coefficient (Wildman–Crippen LogP) is 3.13. The van der Waals surface area contributed by atoms with E-state index in [-0.39, 0.29) is 6.29 Å². The third-order valence-corrected chi connectivity index (χ3v) is 1.45. The smallest absolute Gasteiger partial charge is 0.158 e. The van der Waals surface area contributed by atoms with Crippen molar-refractivity contribution in [3.05, 3.63) is 6.61 Å². The molecule has 0 saturated heterocycles. The van der Waals surface area contributed by atoms with Crippen LogP contribution in [0.15, 0.2) is 0 Å². The van der Waals surface area contributed by atoms with Crippen molar-refractivity contribution in [3.63, 3.8) is 0 Å². The Bertz CT molecular complexity index is 75.9. The van der Waals surface area contributed by atoms with Gasteiger partial charge in [-0.3, -0.25) is 0 Å². The van der Waals surface area contributed by atoms with Gasteiger partial charge in [0.05, 0.1) is 6.61 Å². The van der Waals surface area contributed by atoms with Gasteiger partial charge in [-0.2, -0.15) is 0 Å². The van der Waals surface area contributed by atoms with E-state index in [1.165, 1.54) is 0 Å². The summed E-state index contributed by atoms with van der Waals surface area (Å²) in [6.45, 7) is 8.91. The second-order valence-corrected chi connectivity index (χ2v) is 2.80. The van der Waals surface area contributed by atoms with Crippen LogP contribution in [-0.4, -0.2) is 12.9 Å². The number of hydrogen-bond acceptors (Lipinski definition) is 2. The minimum Gasteiger partial charge on any atom is -0.353 e. The zero-order chi connectivity index (χ0) is 9.23. The maximum absolute atomic E-state index is 5.48. The van der Waals surface area contributed by atoms with E-state index in [1.807, 2.05) is 6.61 Å². The van der Waals surface area contributed by atoms with Gasteiger partial charge in [0.25, 0.3) is 0 Å². The molecule has 73 valence electrons. The van der Waals surface area contributed by atoms with Gasteiger partial charge < -0.3 is 9.47 Å². The minimum absolute atomic E-state index is 0.0186. The molecule has 12 heavy (non-hydrogen) atoms. The summed E-state index contributed by atoms with van der Waals surface area (Å²) in [5, 5.41) is 0. The van der Waals surface area contributed by atoms with Crippen molar-refractivity contribution < 1.29 is 9.47 Å². The van der Waals surface area contributed by atoms with Crippen molar-refractivity contribution in [3.8, 4) is 0 Å². The van der Waals surface area contributed by atoms with Gasteiger partial charge in [-0.25, -0.2) is 0 Å². The Morgan fingerprint density at radius 1 is 1.17 bits per heavy atom. The van der Waals surface area contributed by atoms with Crippen LogP contribution in [0.25, 0.3) is 0 Å². The van der Waals surface area contributed by atoms with Gasteiger partial charge in [0.1, 0.15) is 0 Å². The van der Waals surface area contributed by atoms with Gasteiger partial charge >= 0.3 is 0 Å². The molecule has 1 atom stereocenters. The second kappa shape index (κ2) is 9.01. The fourth-order valence-corrected chi connectivity index (χ4v) is 0.879. The number of rotatable bonds is 8. The van der Waals surface area contributed by atoms with E-state index in [2.05, 4.69) is 20.8 Å². The molecule has 0 N–H and O–H groups in total. The summed E-state index contributed by atoms with van der Waals surface area (Å²) < 4.78 is 10.9. The lowest BCUT2D eigenvalue weighted by Crippen LogP contribution is -2.16. The van der Waals surface area contributed by atoms with Gasteiger partial charge in [0, 0.05) is 6.61 Å². The molecular weight excluding hydrogens is 152 g/mol. The molecule has 1 radical (unpaired) electrons. The highest BCUT2D eigenvalue weighted by molar-refractivity contribution is 4.50. The Morgan fingerprint density at radius 3 is 2.42 bits per heavy atom. The van der Waals surface area contributed by atoms with Gasteiger partial charge in [0.2, 0.25) is 0 Å². The van der Waals surface area contributed by atoms with Crippen LogP contribution in [0, 0.1) is 6.61 Å². The summed E-state index contributed by atoms with van der Waals surface area (Å²) >= 11 is 0. The van der Waals surface area contributed by atoms with Crippen molar-refractivity contribution in [1.29, 1.82) is 0 Å². The maximum Gasteiger partial charge on any atom is 0.158 e. The van der Waals surface area contributed by atoms with E-state index in [9.17, 15) is 0 Å². The molecule has 0 heterocycles. The van der Waals surface area contributed by atoms with Crippen molar-refractivity contribution in [2.24, 2.45) is 0 Å². The lowest BCUT2D eigenvalue weighted by Gasteiger charge is -2.16.